The second-order valence-electron chi connectivity index (χ2n) is 4.42. The summed E-state index contributed by atoms with van der Waals surface area (Å²) >= 11 is 0. The molecule has 1 aromatic carbocycles. The quantitative estimate of drug-likeness (QED) is 0.635. The maximum Gasteiger partial charge on any atom is 0.0603 e. The van der Waals surface area contributed by atoms with Crippen molar-refractivity contribution in [2.24, 2.45) is 11.8 Å². The summed E-state index contributed by atoms with van der Waals surface area (Å²) in [5.74, 6) is 1.10. The zero-order valence-corrected chi connectivity index (χ0v) is 7.61. The minimum atomic E-state index is -0.0209. The van der Waals surface area contributed by atoms with Crippen LogP contribution in [0.5, 0.6) is 0 Å². The molecule has 1 aromatic rings. The molecular weight excluding hydrogens is 160 g/mol. The van der Waals surface area contributed by atoms with Gasteiger partial charge in [-0.25, -0.2) is 0 Å². The van der Waals surface area contributed by atoms with Crippen molar-refractivity contribution in [3.8, 4) is 0 Å². The monoisotopic (exact) mass is 174 g/mol. The van der Waals surface area contributed by atoms with Crippen molar-refractivity contribution < 1.29 is 5.11 Å². The summed E-state index contributed by atoms with van der Waals surface area (Å²) in [5.41, 5.74) is 2.93. The molecule has 1 heteroatoms. The highest BCUT2D eigenvalue weighted by molar-refractivity contribution is 5.31. The van der Waals surface area contributed by atoms with E-state index in [1.165, 1.54) is 17.5 Å². The van der Waals surface area contributed by atoms with Crippen LogP contribution in [-0.2, 0) is 12.8 Å². The van der Waals surface area contributed by atoms with Gasteiger partial charge in [0.15, 0.2) is 0 Å². The summed E-state index contributed by atoms with van der Waals surface area (Å²) < 4.78 is 0. The molecule has 1 saturated carbocycles. The van der Waals surface area contributed by atoms with Gasteiger partial charge in [-0.15, -0.1) is 0 Å². The van der Waals surface area contributed by atoms with Crippen molar-refractivity contribution in [2.45, 2.75) is 25.4 Å². The van der Waals surface area contributed by atoms with Gasteiger partial charge in [0.1, 0.15) is 0 Å². The van der Waals surface area contributed by atoms with E-state index >= 15 is 0 Å². The maximum absolute atomic E-state index is 9.78. The lowest BCUT2D eigenvalue weighted by Gasteiger charge is -2.39. The van der Waals surface area contributed by atoms with Crippen LogP contribution in [0.1, 0.15) is 17.5 Å². The smallest absolute Gasteiger partial charge is 0.0603 e. The van der Waals surface area contributed by atoms with Crippen molar-refractivity contribution in [3.05, 3.63) is 35.4 Å². The summed E-state index contributed by atoms with van der Waals surface area (Å²) in [6.07, 6.45) is 3.39. The van der Waals surface area contributed by atoms with Crippen LogP contribution in [0.15, 0.2) is 24.3 Å². The fourth-order valence-corrected chi connectivity index (χ4v) is 2.79. The molecule has 0 radical (unpaired) electrons. The third-order valence-electron chi connectivity index (χ3n) is 3.65. The van der Waals surface area contributed by atoms with Gasteiger partial charge in [-0.2, -0.15) is 0 Å². The molecule has 1 nitrogen and oxygen atoms in total. The van der Waals surface area contributed by atoms with Crippen molar-refractivity contribution in [2.75, 3.05) is 0 Å². The molecule has 68 valence electrons. The molecule has 13 heavy (non-hydrogen) atoms. The second-order valence-corrected chi connectivity index (χ2v) is 4.42. The van der Waals surface area contributed by atoms with Crippen molar-refractivity contribution in [1.29, 1.82) is 0 Å². The number of hydrogen-bond acceptors (Lipinski definition) is 1. The first-order valence-electron chi connectivity index (χ1n) is 5.09. The number of benzene rings is 1. The summed E-state index contributed by atoms with van der Waals surface area (Å²) in [4.78, 5) is 0. The molecule has 0 aliphatic heterocycles. The average molecular weight is 174 g/mol. The number of rotatable bonds is 0. The SMILES string of the molecule is OC1C2Cc3ccccc3CC1C2. The van der Waals surface area contributed by atoms with E-state index in [-0.39, 0.29) is 6.10 Å². The van der Waals surface area contributed by atoms with Gasteiger partial charge in [0.05, 0.1) is 6.10 Å². The Bertz CT molecular complexity index is 301. The van der Waals surface area contributed by atoms with Crippen LogP contribution in [0, 0.1) is 11.8 Å². The zero-order valence-electron chi connectivity index (χ0n) is 7.61. The van der Waals surface area contributed by atoms with Crippen LogP contribution >= 0.6 is 0 Å². The molecule has 0 heterocycles. The van der Waals surface area contributed by atoms with E-state index in [1.807, 2.05) is 0 Å². The van der Waals surface area contributed by atoms with E-state index in [4.69, 9.17) is 0 Å². The minimum Gasteiger partial charge on any atom is -0.393 e. The number of hydrogen-bond donors (Lipinski definition) is 1. The fraction of sp³-hybridized carbons (Fsp3) is 0.500. The van der Waals surface area contributed by atoms with Gasteiger partial charge in [-0.05, 0) is 42.2 Å². The molecular formula is C12H14O. The number of aliphatic hydroxyl groups is 1. The Balaban J connectivity index is 2.01. The molecule has 3 aliphatic carbocycles. The third-order valence-corrected chi connectivity index (χ3v) is 3.65. The molecule has 4 rings (SSSR count). The van der Waals surface area contributed by atoms with Crippen LogP contribution < -0.4 is 0 Å². The Kier molecular flexibility index (Phi) is 1.50. The van der Waals surface area contributed by atoms with Gasteiger partial charge in [-0.3, -0.25) is 0 Å². The Morgan fingerprint density at radius 1 is 1.00 bits per heavy atom. The molecule has 2 unspecified atom stereocenters. The highest BCUT2D eigenvalue weighted by atomic mass is 16.3. The van der Waals surface area contributed by atoms with Gasteiger partial charge in [-0.1, -0.05) is 24.3 Å². The summed E-state index contributed by atoms with van der Waals surface area (Å²) in [6, 6.07) is 8.63. The van der Waals surface area contributed by atoms with Crippen molar-refractivity contribution in [3.63, 3.8) is 0 Å². The van der Waals surface area contributed by atoms with Gasteiger partial charge in [0.2, 0.25) is 0 Å². The Morgan fingerprint density at radius 2 is 1.54 bits per heavy atom. The molecule has 0 saturated heterocycles. The molecule has 3 aliphatic rings. The van der Waals surface area contributed by atoms with E-state index in [1.54, 1.807) is 0 Å². The van der Waals surface area contributed by atoms with Gasteiger partial charge in [0.25, 0.3) is 0 Å². The minimum absolute atomic E-state index is 0.0209. The zero-order chi connectivity index (χ0) is 8.84. The van der Waals surface area contributed by atoms with E-state index in [2.05, 4.69) is 24.3 Å². The lowest BCUT2D eigenvalue weighted by atomic mass is 9.70. The predicted molar refractivity (Wildman–Crippen MR) is 51.5 cm³/mol. The lowest BCUT2D eigenvalue weighted by molar-refractivity contribution is -0.0360. The summed E-state index contributed by atoms with van der Waals surface area (Å²) in [5, 5.41) is 9.78. The first kappa shape index (κ1) is 7.57. The maximum atomic E-state index is 9.78. The summed E-state index contributed by atoms with van der Waals surface area (Å²) in [6.45, 7) is 0. The molecule has 2 bridgehead atoms. The number of aliphatic hydroxyl groups excluding tert-OH is 1. The molecule has 1 N–H and O–H groups in total. The van der Waals surface area contributed by atoms with Gasteiger partial charge in [0, 0.05) is 0 Å². The predicted octanol–water partition coefficient (Wildman–Crippen LogP) is 1.78. The third kappa shape index (κ3) is 1.03. The lowest BCUT2D eigenvalue weighted by Crippen LogP contribution is -2.42. The van der Waals surface area contributed by atoms with Crippen LogP contribution in [-0.4, -0.2) is 11.2 Å². The first-order valence-corrected chi connectivity index (χ1v) is 5.09. The molecule has 0 amide bonds. The van der Waals surface area contributed by atoms with Crippen LogP contribution in [0.3, 0.4) is 0 Å². The summed E-state index contributed by atoms with van der Waals surface area (Å²) in [7, 11) is 0. The fourth-order valence-electron chi connectivity index (χ4n) is 2.79. The van der Waals surface area contributed by atoms with E-state index in [0.29, 0.717) is 11.8 Å². The van der Waals surface area contributed by atoms with Crippen LogP contribution in [0.4, 0.5) is 0 Å². The largest absolute Gasteiger partial charge is 0.393 e. The highest BCUT2D eigenvalue weighted by Gasteiger charge is 2.41. The molecule has 0 spiro atoms. The van der Waals surface area contributed by atoms with Crippen LogP contribution in [0.25, 0.3) is 0 Å². The Labute approximate surface area is 78.4 Å². The van der Waals surface area contributed by atoms with Crippen molar-refractivity contribution in [1.82, 2.24) is 0 Å². The second kappa shape index (κ2) is 2.58. The molecule has 1 fully saturated rings. The Hall–Kier alpha value is -0.820. The first-order chi connectivity index (χ1) is 6.34. The van der Waals surface area contributed by atoms with E-state index in [9.17, 15) is 5.11 Å². The molecule has 0 aromatic heterocycles. The average Bonchev–Trinajstić information content (AvgIpc) is 2.44. The van der Waals surface area contributed by atoms with Crippen molar-refractivity contribution >= 4 is 0 Å². The van der Waals surface area contributed by atoms with Gasteiger partial charge >= 0.3 is 0 Å². The Morgan fingerprint density at radius 3 is 2.00 bits per heavy atom. The van der Waals surface area contributed by atoms with E-state index in [0.717, 1.165) is 12.8 Å². The molecule has 2 atom stereocenters. The van der Waals surface area contributed by atoms with Gasteiger partial charge < -0.3 is 5.11 Å². The normalized spacial score (nSPS) is 35.9. The topological polar surface area (TPSA) is 20.2 Å². The standard InChI is InChI=1S/C12H14O/c13-12-10-5-8-3-1-2-4-9(8)6-11(12)7-10/h1-4,10-13H,5-7H2. The van der Waals surface area contributed by atoms with E-state index < -0.39 is 0 Å². The van der Waals surface area contributed by atoms with Crippen LogP contribution in [0.2, 0.25) is 0 Å². The highest BCUT2D eigenvalue weighted by Crippen LogP contribution is 2.42.